The van der Waals surface area contributed by atoms with Gasteiger partial charge in [0.05, 0.1) is 7.11 Å². The van der Waals surface area contributed by atoms with E-state index in [0.717, 1.165) is 37.0 Å². The maximum absolute atomic E-state index is 11.7. The molecule has 2 N–H and O–H groups in total. The summed E-state index contributed by atoms with van der Waals surface area (Å²) < 4.78 is 5.06. The Kier molecular flexibility index (Phi) is 4.98. The van der Waals surface area contributed by atoms with Crippen LogP contribution in [0.5, 0.6) is 5.75 Å². The quantitative estimate of drug-likeness (QED) is 0.816. The normalized spacial score (nSPS) is 14.8. The van der Waals surface area contributed by atoms with Crippen molar-refractivity contribution in [3.63, 3.8) is 0 Å². The molecular weight excluding hydrogens is 256 g/mol. The van der Waals surface area contributed by atoms with Gasteiger partial charge in [0.25, 0.3) is 0 Å². The van der Waals surface area contributed by atoms with Gasteiger partial charge in [0.2, 0.25) is 0 Å². The van der Waals surface area contributed by atoms with Crippen LogP contribution in [-0.2, 0) is 16.1 Å². The van der Waals surface area contributed by atoms with E-state index in [1.807, 2.05) is 24.3 Å². The van der Waals surface area contributed by atoms with Crippen molar-refractivity contribution in [1.29, 1.82) is 0 Å². The van der Waals surface area contributed by atoms with Gasteiger partial charge in [-0.2, -0.15) is 0 Å². The fraction of sp³-hybridized carbons (Fsp3) is 0.467. The zero-order valence-electron chi connectivity index (χ0n) is 11.6. The molecule has 2 rings (SSSR count). The number of hydrogen-bond donors (Lipinski definition) is 2. The van der Waals surface area contributed by atoms with Gasteiger partial charge in [0.15, 0.2) is 0 Å². The number of methoxy groups -OCH3 is 1. The first kappa shape index (κ1) is 14.4. The number of hydrogen-bond acceptors (Lipinski definition) is 3. The molecule has 108 valence electrons. The lowest BCUT2D eigenvalue weighted by atomic mass is 10.2. The molecule has 0 heterocycles. The van der Waals surface area contributed by atoms with Gasteiger partial charge in [0, 0.05) is 12.6 Å². The van der Waals surface area contributed by atoms with Crippen molar-refractivity contribution < 1.29 is 14.3 Å². The first-order valence-electron chi connectivity index (χ1n) is 6.90. The van der Waals surface area contributed by atoms with E-state index in [1.54, 1.807) is 7.11 Å². The Hall–Kier alpha value is -2.04. The Balaban J connectivity index is 1.76. The molecule has 0 bridgehead atoms. The molecule has 1 aromatic carbocycles. The molecule has 0 unspecified atom stereocenters. The summed E-state index contributed by atoms with van der Waals surface area (Å²) in [6.45, 7) is 0.334. The van der Waals surface area contributed by atoms with Gasteiger partial charge >= 0.3 is 11.8 Å². The summed E-state index contributed by atoms with van der Waals surface area (Å²) in [5.41, 5.74) is 0.924. The number of amides is 2. The van der Waals surface area contributed by atoms with Gasteiger partial charge in [-0.05, 0) is 30.5 Å². The Bertz CT molecular complexity index is 465. The van der Waals surface area contributed by atoms with Crippen LogP contribution in [-0.4, -0.2) is 25.0 Å². The Morgan fingerprint density at radius 3 is 2.40 bits per heavy atom. The Labute approximate surface area is 118 Å². The molecule has 0 radical (unpaired) electrons. The lowest BCUT2D eigenvalue weighted by Crippen LogP contribution is -2.43. The van der Waals surface area contributed by atoms with Crippen LogP contribution in [0.4, 0.5) is 0 Å². The second kappa shape index (κ2) is 6.93. The summed E-state index contributed by atoms with van der Waals surface area (Å²) >= 11 is 0. The average molecular weight is 276 g/mol. The smallest absolute Gasteiger partial charge is 0.309 e. The fourth-order valence-electron chi connectivity index (χ4n) is 2.33. The lowest BCUT2D eigenvalue weighted by Gasteiger charge is -2.11. The molecule has 0 atom stereocenters. The number of carbonyl (C=O) groups is 2. The van der Waals surface area contributed by atoms with E-state index in [2.05, 4.69) is 10.6 Å². The zero-order chi connectivity index (χ0) is 14.4. The third kappa shape index (κ3) is 3.98. The van der Waals surface area contributed by atoms with Gasteiger partial charge in [-0.25, -0.2) is 0 Å². The monoisotopic (exact) mass is 276 g/mol. The molecule has 1 aliphatic rings. The third-order valence-corrected chi connectivity index (χ3v) is 3.51. The van der Waals surface area contributed by atoms with E-state index in [9.17, 15) is 9.59 Å². The standard InChI is InChI=1S/C15H20N2O3/c1-20-13-8-6-11(7-9-13)10-16-14(18)15(19)17-12-4-2-3-5-12/h6-9,12H,2-5,10H2,1H3,(H,16,18)(H,17,19). The van der Waals surface area contributed by atoms with Crippen LogP contribution in [0, 0.1) is 0 Å². The van der Waals surface area contributed by atoms with E-state index < -0.39 is 11.8 Å². The second-order valence-electron chi connectivity index (χ2n) is 4.99. The zero-order valence-corrected chi connectivity index (χ0v) is 11.6. The van der Waals surface area contributed by atoms with Gasteiger partial charge in [-0.3, -0.25) is 9.59 Å². The van der Waals surface area contributed by atoms with E-state index >= 15 is 0 Å². The van der Waals surface area contributed by atoms with Gasteiger partial charge in [-0.15, -0.1) is 0 Å². The highest BCUT2D eigenvalue weighted by atomic mass is 16.5. The first-order chi connectivity index (χ1) is 9.69. The van der Waals surface area contributed by atoms with Crippen LogP contribution in [0.25, 0.3) is 0 Å². The van der Waals surface area contributed by atoms with Crippen LogP contribution < -0.4 is 15.4 Å². The van der Waals surface area contributed by atoms with Crippen LogP contribution in [0.3, 0.4) is 0 Å². The number of ether oxygens (including phenoxy) is 1. The van der Waals surface area contributed by atoms with Crippen LogP contribution in [0.2, 0.25) is 0 Å². The molecule has 1 saturated carbocycles. The van der Waals surface area contributed by atoms with Crippen molar-refractivity contribution in [3.05, 3.63) is 29.8 Å². The third-order valence-electron chi connectivity index (χ3n) is 3.51. The van der Waals surface area contributed by atoms with Crippen molar-refractivity contribution >= 4 is 11.8 Å². The van der Waals surface area contributed by atoms with Crippen molar-refractivity contribution in [1.82, 2.24) is 10.6 Å². The molecule has 1 aliphatic carbocycles. The van der Waals surface area contributed by atoms with Gasteiger partial charge in [-0.1, -0.05) is 25.0 Å². The summed E-state index contributed by atoms with van der Waals surface area (Å²) in [5.74, 6) is -0.350. The van der Waals surface area contributed by atoms with E-state index in [-0.39, 0.29) is 6.04 Å². The number of benzene rings is 1. The molecule has 5 heteroatoms. The Morgan fingerprint density at radius 2 is 1.80 bits per heavy atom. The first-order valence-corrected chi connectivity index (χ1v) is 6.90. The molecule has 20 heavy (non-hydrogen) atoms. The lowest BCUT2D eigenvalue weighted by molar-refractivity contribution is -0.139. The molecule has 2 amide bonds. The average Bonchev–Trinajstić information content (AvgIpc) is 2.98. The highest BCUT2D eigenvalue weighted by Crippen LogP contribution is 2.17. The summed E-state index contributed by atoms with van der Waals surface area (Å²) in [6.07, 6.45) is 4.19. The topological polar surface area (TPSA) is 67.4 Å². The second-order valence-corrected chi connectivity index (χ2v) is 4.99. The van der Waals surface area contributed by atoms with Gasteiger partial charge in [0.1, 0.15) is 5.75 Å². The fourth-order valence-corrected chi connectivity index (χ4v) is 2.33. The SMILES string of the molecule is COc1ccc(CNC(=O)C(=O)NC2CCCC2)cc1. The molecule has 0 aromatic heterocycles. The highest BCUT2D eigenvalue weighted by Gasteiger charge is 2.20. The summed E-state index contributed by atoms with van der Waals surface area (Å²) in [6, 6.07) is 7.51. The molecule has 5 nitrogen and oxygen atoms in total. The number of rotatable bonds is 4. The van der Waals surface area contributed by atoms with Crippen molar-refractivity contribution in [3.8, 4) is 5.75 Å². The molecule has 0 saturated heterocycles. The van der Waals surface area contributed by atoms with Crippen molar-refractivity contribution in [2.75, 3.05) is 7.11 Å². The van der Waals surface area contributed by atoms with Crippen LogP contribution in [0.15, 0.2) is 24.3 Å². The predicted octanol–water partition coefficient (Wildman–Crippen LogP) is 1.37. The predicted molar refractivity (Wildman–Crippen MR) is 75.2 cm³/mol. The van der Waals surface area contributed by atoms with E-state index in [4.69, 9.17) is 4.74 Å². The Morgan fingerprint density at radius 1 is 1.15 bits per heavy atom. The molecular formula is C15H20N2O3. The summed E-state index contributed by atoms with van der Waals surface area (Å²) in [4.78, 5) is 23.4. The van der Waals surface area contributed by atoms with Crippen LogP contribution >= 0.6 is 0 Å². The minimum absolute atomic E-state index is 0.161. The van der Waals surface area contributed by atoms with Crippen LogP contribution in [0.1, 0.15) is 31.2 Å². The maximum Gasteiger partial charge on any atom is 0.309 e. The highest BCUT2D eigenvalue weighted by molar-refractivity contribution is 6.35. The number of carbonyl (C=O) groups excluding carboxylic acids is 2. The summed E-state index contributed by atoms with van der Waals surface area (Å²) in [5, 5.41) is 5.38. The molecule has 0 aliphatic heterocycles. The van der Waals surface area contributed by atoms with Crippen molar-refractivity contribution in [2.24, 2.45) is 0 Å². The molecule has 1 fully saturated rings. The van der Waals surface area contributed by atoms with Crippen molar-refractivity contribution in [2.45, 2.75) is 38.3 Å². The largest absolute Gasteiger partial charge is 0.497 e. The van der Waals surface area contributed by atoms with E-state index in [0.29, 0.717) is 6.54 Å². The minimum atomic E-state index is -0.576. The summed E-state index contributed by atoms with van der Waals surface area (Å²) in [7, 11) is 1.60. The molecule has 1 aromatic rings. The van der Waals surface area contributed by atoms with E-state index in [1.165, 1.54) is 0 Å². The van der Waals surface area contributed by atoms with Gasteiger partial charge < -0.3 is 15.4 Å². The molecule has 0 spiro atoms. The maximum atomic E-state index is 11.7. The minimum Gasteiger partial charge on any atom is -0.497 e. The number of nitrogens with one attached hydrogen (secondary N) is 2.